The van der Waals surface area contributed by atoms with Gasteiger partial charge in [-0.15, -0.1) is 0 Å². The van der Waals surface area contributed by atoms with E-state index in [1.165, 1.54) is 19.3 Å². The minimum Gasteiger partial charge on any atom is -0.326 e. The van der Waals surface area contributed by atoms with E-state index in [0.29, 0.717) is 29.9 Å². The molecular weight excluding hydrogens is 372 g/mol. The summed E-state index contributed by atoms with van der Waals surface area (Å²) in [5.74, 6) is 2.21. The second-order valence-electron chi connectivity index (χ2n) is 8.79. The number of hydrogen-bond donors (Lipinski definition) is 2. The molecule has 5 atom stereocenters. The van der Waals surface area contributed by atoms with Crippen molar-refractivity contribution in [2.45, 2.75) is 62.8 Å². The summed E-state index contributed by atoms with van der Waals surface area (Å²) < 4.78 is 28.4. The van der Waals surface area contributed by atoms with Gasteiger partial charge in [0, 0.05) is 18.2 Å². The maximum Gasteiger partial charge on any atom is 0.240 e. The summed E-state index contributed by atoms with van der Waals surface area (Å²) in [7, 11) is -3.55. The highest BCUT2D eigenvalue weighted by atomic mass is 32.2. The average molecular weight is 403 g/mol. The number of fused-ring (bicyclic) bond motifs is 2. The first-order valence-corrected chi connectivity index (χ1v) is 12.0. The molecule has 1 aromatic rings. The monoisotopic (exact) mass is 402 g/mol. The van der Waals surface area contributed by atoms with Crippen molar-refractivity contribution in [3.05, 3.63) is 36.4 Å². The van der Waals surface area contributed by atoms with Gasteiger partial charge in [-0.05, 0) is 87.0 Å². The van der Waals surface area contributed by atoms with Gasteiger partial charge in [-0.1, -0.05) is 18.6 Å². The van der Waals surface area contributed by atoms with E-state index in [9.17, 15) is 13.2 Å². The lowest BCUT2D eigenvalue weighted by molar-refractivity contribution is -0.116. The first kappa shape index (κ1) is 19.6. The molecule has 0 aliphatic heterocycles. The Morgan fingerprint density at radius 3 is 2.54 bits per heavy atom. The number of nitrogens with one attached hydrogen (secondary N) is 2. The van der Waals surface area contributed by atoms with Gasteiger partial charge in [0.15, 0.2) is 0 Å². The van der Waals surface area contributed by atoms with Crippen LogP contribution < -0.4 is 10.0 Å². The standard InChI is InChI=1S/C22H30N2O3S/c1-15(21-13-17-6-7-18(21)12-17)24-28(26,27)20-10-8-19(9-11-20)23-22(25)14-16-4-2-3-5-16/h2,4,8-11,15-18,21,24H,3,5-7,12-14H2,1H3,(H,23,25). The number of rotatable bonds is 7. The molecule has 2 fully saturated rings. The summed E-state index contributed by atoms with van der Waals surface area (Å²) in [5, 5.41) is 2.86. The number of benzene rings is 1. The van der Waals surface area contributed by atoms with Gasteiger partial charge in [0.1, 0.15) is 0 Å². The Hall–Kier alpha value is -1.66. The van der Waals surface area contributed by atoms with Crippen molar-refractivity contribution in [3.8, 4) is 0 Å². The fraction of sp³-hybridized carbons (Fsp3) is 0.591. The topological polar surface area (TPSA) is 75.3 Å². The normalized spacial score (nSPS) is 29.9. The smallest absolute Gasteiger partial charge is 0.240 e. The van der Waals surface area contributed by atoms with Crippen LogP contribution in [0.5, 0.6) is 0 Å². The minimum absolute atomic E-state index is 0.0322. The maximum absolute atomic E-state index is 12.8. The molecule has 0 spiro atoms. The average Bonchev–Trinajstić information content (AvgIpc) is 3.40. The number of sulfonamides is 1. The van der Waals surface area contributed by atoms with E-state index in [0.717, 1.165) is 25.2 Å². The summed E-state index contributed by atoms with van der Waals surface area (Å²) in [6.45, 7) is 2.00. The van der Waals surface area contributed by atoms with Gasteiger partial charge in [-0.2, -0.15) is 0 Å². The Balaban J connectivity index is 1.34. The van der Waals surface area contributed by atoms with Crippen LogP contribution in [0.2, 0.25) is 0 Å². The summed E-state index contributed by atoms with van der Waals surface area (Å²) in [5.41, 5.74) is 0.632. The predicted molar refractivity (Wildman–Crippen MR) is 110 cm³/mol. The van der Waals surface area contributed by atoms with Gasteiger partial charge in [0.2, 0.25) is 15.9 Å². The molecule has 2 saturated carbocycles. The molecule has 5 nitrogen and oxygen atoms in total. The second-order valence-corrected chi connectivity index (χ2v) is 10.5. The van der Waals surface area contributed by atoms with Crippen LogP contribution in [0.4, 0.5) is 5.69 Å². The van der Waals surface area contributed by atoms with Crippen molar-refractivity contribution in [1.29, 1.82) is 0 Å². The van der Waals surface area contributed by atoms with Crippen LogP contribution in [0.15, 0.2) is 41.3 Å². The quantitative estimate of drug-likeness (QED) is 0.675. The predicted octanol–water partition coefficient (Wildman–Crippen LogP) is 4.08. The summed E-state index contributed by atoms with van der Waals surface area (Å²) in [6.07, 6.45) is 11.7. The van der Waals surface area contributed by atoms with Crippen molar-refractivity contribution in [1.82, 2.24) is 4.72 Å². The van der Waals surface area contributed by atoms with Crippen molar-refractivity contribution < 1.29 is 13.2 Å². The van der Waals surface area contributed by atoms with Crippen LogP contribution in [-0.4, -0.2) is 20.4 Å². The van der Waals surface area contributed by atoms with Gasteiger partial charge in [0.05, 0.1) is 4.90 Å². The third-order valence-corrected chi connectivity index (χ3v) is 8.36. The van der Waals surface area contributed by atoms with E-state index >= 15 is 0 Å². The Labute approximate surface area is 168 Å². The molecule has 1 aromatic carbocycles. The highest BCUT2D eigenvalue weighted by Crippen LogP contribution is 2.49. The molecule has 6 heteroatoms. The lowest BCUT2D eigenvalue weighted by Crippen LogP contribution is -2.40. The molecular formula is C22H30N2O3S. The first-order chi connectivity index (χ1) is 13.4. The molecule has 152 valence electrons. The van der Waals surface area contributed by atoms with Gasteiger partial charge < -0.3 is 5.32 Å². The van der Waals surface area contributed by atoms with Crippen LogP contribution in [0.1, 0.15) is 51.9 Å². The lowest BCUT2D eigenvalue weighted by atomic mass is 9.84. The zero-order chi connectivity index (χ0) is 19.7. The Morgan fingerprint density at radius 2 is 1.93 bits per heavy atom. The van der Waals surface area contributed by atoms with Crippen molar-refractivity contribution >= 4 is 21.6 Å². The van der Waals surface area contributed by atoms with E-state index in [2.05, 4.69) is 22.2 Å². The zero-order valence-electron chi connectivity index (χ0n) is 16.4. The molecule has 3 aliphatic carbocycles. The summed E-state index contributed by atoms with van der Waals surface area (Å²) in [6, 6.07) is 6.43. The largest absolute Gasteiger partial charge is 0.326 e. The number of allylic oxidation sites excluding steroid dienone is 2. The molecule has 4 rings (SSSR count). The Kier molecular flexibility index (Phi) is 5.61. The number of anilines is 1. The molecule has 0 radical (unpaired) electrons. The molecule has 2 bridgehead atoms. The Morgan fingerprint density at radius 1 is 1.14 bits per heavy atom. The van der Waals surface area contributed by atoms with E-state index < -0.39 is 10.0 Å². The molecule has 0 aromatic heterocycles. The second kappa shape index (κ2) is 7.99. The van der Waals surface area contributed by atoms with Crippen molar-refractivity contribution in [3.63, 3.8) is 0 Å². The number of hydrogen-bond acceptors (Lipinski definition) is 3. The van der Waals surface area contributed by atoms with E-state index in [1.807, 2.05) is 6.92 Å². The molecule has 0 saturated heterocycles. The molecule has 5 unspecified atom stereocenters. The van der Waals surface area contributed by atoms with Crippen molar-refractivity contribution in [2.75, 3.05) is 5.32 Å². The van der Waals surface area contributed by atoms with E-state index in [1.54, 1.807) is 24.3 Å². The first-order valence-electron chi connectivity index (χ1n) is 10.5. The fourth-order valence-corrected chi connectivity index (χ4v) is 6.63. The van der Waals surface area contributed by atoms with Crippen molar-refractivity contribution in [2.24, 2.45) is 23.7 Å². The van der Waals surface area contributed by atoms with E-state index in [-0.39, 0.29) is 16.8 Å². The Bertz CT molecular complexity index is 847. The number of amides is 1. The highest BCUT2D eigenvalue weighted by molar-refractivity contribution is 7.89. The third kappa shape index (κ3) is 4.33. The zero-order valence-corrected chi connectivity index (χ0v) is 17.3. The van der Waals surface area contributed by atoms with Gasteiger partial charge in [0.25, 0.3) is 0 Å². The molecule has 1 amide bonds. The molecule has 0 heterocycles. The highest BCUT2D eigenvalue weighted by Gasteiger charge is 2.42. The third-order valence-electron chi connectivity index (χ3n) is 6.78. The number of carbonyl (C=O) groups excluding carboxylic acids is 1. The number of carbonyl (C=O) groups is 1. The molecule has 2 N–H and O–H groups in total. The van der Waals surface area contributed by atoms with Gasteiger partial charge in [-0.25, -0.2) is 13.1 Å². The van der Waals surface area contributed by atoms with Crippen LogP contribution in [0, 0.1) is 23.7 Å². The van der Waals surface area contributed by atoms with Crippen LogP contribution in [-0.2, 0) is 14.8 Å². The maximum atomic E-state index is 12.8. The van der Waals surface area contributed by atoms with E-state index in [4.69, 9.17) is 0 Å². The van der Waals surface area contributed by atoms with Crippen LogP contribution in [0.25, 0.3) is 0 Å². The molecule has 3 aliphatic rings. The van der Waals surface area contributed by atoms with Gasteiger partial charge in [-0.3, -0.25) is 4.79 Å². The van der Waals surface area contributed by atoms with Gasteiger partial charge >= 0.3 is 0 Å². The fourth-order valence-electron chi connectivity index (χ4n) is 5.34. The SMILES string of the molecule is CC(NS(=O)(=O)c1ccc(NC(=O)CC2C=CCC2)cc1)C1CC2CCC1C2. The lowest BCUT2D eigenvalue weighted by Gasteiger charge is -2.28. The summed E-state index contributed by atoms with van der Waals surface area (Å²) >= 11 is 0. The summed E-state index contributed by atoms with van der Waals surface area (Å²) in [4.78, 5) is 12.4. The van der Waals surface area contributed by atoms with Crippen LogP contribution in [0.3, 0.4) is 0 Å². The molecule has 28 heavy (non-hydrogen) atoms. The van der Waals surface area contributed by atoms with Crippen LogP contribution >= 0.6 is 0 Å². The minimum atomic E-state index is -3.55.